The second-order valence-corrected chi connectivity index (χ2v) is 7.91. The normalized spacial score (nSPS) is 35.7. The summed E-state index contributed by atoms with van der Waals surface area (Å²) in [5, 5.41) is 10.8. The fraction of sp³-hybridized carbons (Fsp3) is 1.00. The second kappa shape index (κ2) is 7.18. The lowest BCUT2D eigenvalue weighted by Crippen LogP contribution is -2.53. The predicted octanol–water partition coefficient (Wildman–Crippen LogP) is 1.76. The number of morpholine rings is 1. The molecule has 3 aliphatic rings. The van der Waals surface area contributed by atoms with E-state index in [1.54, 1.807) is 0 Å². The molecule has 1 N–H and O–H groups in total. The zero-order valence-corrected chi connectivity index (χ0v) is 13.9. The first-order chi connectivity index (χ1) is 10.2. The highest BCUT2D eigenvalue weighted by atomic mass is 32.2. The van der Waals surface area contributed by atoms with E-state index in [2.05, 4.69) is 11.8 Å². The molecular formula is C16H29NO3S. The molecule has 0 bridgehead atoms. The number of hydrogen-bond donors (Lipinski definition) is 1. The van der Waals surface area contributed by atoms with Gasteiger partial charge in [-0.25, -0.2) is 0 Å². The van der Waals surface area contributed by atoms with Crippen molar-refractivity contribution in [2.45, 2.75) is 50.4 Å². The van der Waals surface area contributed by atoms with Crippen LogP contribution in [-0.2, 0) is 9.47 Å². The summed E-state index contributed by atoms with van der Waals surface area (Å²) in [4.78, 5) is 2.38. The van der Waals surface area contributed by atoms with E-state index in [0.717, 1.165) is 58.5 Å². The van der Waals surface area contributed by atoms with E-state index < -0.39 is 0 Å². The lowest BCUT2D eigenvalue weighted by atomic mass is 9.78. The molecule has 0 amide bonds. The van der Waals surface area contributed by atoms with Crippen LogP contribution < -0.4 is 0 Å². The number of aliphatic hydroxyl groups is 1. The van der Waals surface area contributed by atoms with Gasteiger partial charge < -0.3 is 14.6 Å². The minimum Gasteiger partial charge on any atom is -0.390 e. The standard InChI is InChI=1S/C16H29NO3S/c1-2-17-6-8-19-14(12-17)15(18)13-3-7-20-16(11-13)4-9-21-10-5-16/h13-15,18H,2-12H2,1H3. The molecule has 3 aliphatic heterocycles. The molecule has 3 atom stereocenters. The highest BCUT2D eigenvalue weighted by molar-refractivity contribution is 7.99. The molecule has 0 aliphatic carbocycles. The summed E-state index contributed by atoms with van der Waals surface area (Å²) in [5.41, 5.74) is 0.0499. The monoisotopic (exact) mass is 315 g/mol. The Kier molecular flexibility index (Phi) is 5.49. The maximum atomic E-state index is 10.8. The van der Waals surface area contributed by atoms with Crippen LogP contribution in [0.5, 0.6) is 0 Å². The van der Waals surface area contributed by atoms with Crippen molar-refractivity contribution in [3.63, 3.8) is 0 Å². The Labute approximate surface area is 132 Å². The van der Waals surface area contributed by atoms with Crippen molar-refractivity contribution >= 4 is 11.8 Å². The molecule has 3 heterocycles. The second-order valence-electron chi connectivity index (χ2n) is 6.69. The number of nitrogens with zero attached hydrogens (tertiary/aromatic N) is 1. The molecule has 0 radical (unpaired) electrons. The van der Waals surface area contributed by atoms with E-state index in [-0.39, 0.29) is 17.8 Å². The van der Waals surface area contributed by atoms with Crippen LogP contribution in [0.2, 0.25) is 0 Å². The maximum Gasteiger partial charge on any atom is 0.0963 e. The van der Waals surface area contributed by atoms with E-state index >= 15 is 0 Å². The first kappa shape index (κ1) is 16.1. The third-order valence-corrected chi connectivity index (χ3v) is 6.41. The van der Waals surface area contributed by atoms with Crippen molar-refractivity contribution in [1.82, 2.24) is 4.90 Å². The third kappa shape index (κ3) is 3.75. The zero-order chi connectivity index (χ0) is 14.7. The zero-order valence-electron chi connectivity index (χ0n) is 13.1. The Bertz CT molecular complexity index is 330. The Morgan fingerprint density at radius 2 is 2.14 bits per heavy atom. The summed E-state index contributed by atoms with van der Waals surface area (Å²) in [6.45, 7) is 6.64. The molecule has 0 saturated carbocycles. The number of rotatable bonds is 3. The number of ether oxygens (including phenoxy) is 2. The highest BCUT2D eigenvalue weighted by Crippen LogP contribution is 2.41. The Morgan fingerprint density at radius 1 is 1.33 bits per heavy atom. The molecule has 0 aromatic rings. The van der Waals surface area contributed by atoms with Gasteiger partial charge in [0.1, 0.15) is 0 Å². The Balaban J connectivity index is 1.59. The molecule has 1 spiro atoms. The van der Waals surface area contributed by atoms with Gasteiger partial charge in [-0.2, -0.15) is 11.8 Å². The summed E-state index contributed by atoms with van der Waals surface area (Å²) in [7, 11) is 0. The Morgan fingerprint density at radius 3 is 2.90 bits per heavy atom. The molecule has 0 aromatic carbocycles. The SMILES string of the molecule is CCN1CCOC(C(O)C2CCOC3(CCSCC3)C2)C1. The van der Waals surface area contributed by atoms with Crippen LogP contribution in [0, 0.1) is 5.92 Å². The molecule has 4 nitrogen and oxygen atoms in total. The van der Waals surface area contributed by atoms with Crippen LogP contribution in [0.3, 0.4) is 0 Å². The third-order valence-electron chi connectivity index (χ3n) is 5.42. The quantitative estimate of drug-likeness (QED) is 0.859. The minimum absolute atomic E-state index is 0.0168. The van der Waals surface area contributed by atoms with Crippen molar-refractivity contribution in [1.29, 1.82) is 0 Å². The fourth-order valence-corrected chi connectivity index (χ4v) is 5.21. The van der Waals surface area contributed by atoms with Gasteiger partial charge in [-0.1, -0.05) is 6.92 Å². The molecule has 3 unspecified atom stereocenters. The van der Waals surface area contributed by atoms with Crippen LogP contribution in [0.1, 0.15) is 32.6 Å². The summed E-state index contributed by atoms with van der Waals surface area (Å²) in [6, 6.07) is 0. The molecule has 0 aromatic heterocycles. The summed E-state index contributed by atoms with van der Waals surface area (Å²) >= 11 is 2.03. The number of likely N-dealkylation sites (N-methyl/N-ethyl adjacent to an activating group) is 1. The number of thioether (sulfide) groups is 1. The predicted molar refractivity (Wildman–Crippen MR) is 85.8 cm³/mol. The number of hydrogen-bond acceptors (Lipinski definition) is 5. The van der Waals surface area contributed by atoms with Crippen LogP contribution in [0.15, 0.2) is 0 Å². The first-order valence-corrected chi connectivity index (χ1v) is 9.62. The van der Waals surface area contributed by atoms with Crippen LogP contribution in [0.4, 0.5) is 0 Å². The molecular weight excluding hydrogens is 286 g/mol. The largest absolute Gasteiger partial charge is 0.390 e. The molecule has 3 saturated heterocycles. The van der Waals surface area contributed by atoms with E-state index in [1.807, 2.05) is 11.8 Å². The van der Waals surface area contributed by atoms with Crippen molar-refractivity contribution in [3.8, 4) is 0 Å². The molecule has 3 fully saturated rings. The van der Waals surface area contributed by atoms with E-state index in [9.17, 15) is 5.11 Å². The molecule has 3 rings (SSSR count). The van der Waals surface area contributed by atoms with Gasteiger partial charge in [-0.3, -0.25) is 4.90 Å². The molecule has 122 valence electrons. The first-order valence-electron chi connectivity index (χ1n) is 8.46. The van der Waals surface area contributed by atoms with Crippen molar-refractivity contribution in [3.05, 3.63) is 0 Å². The van der Waals surface area contributed by atoms with Gasteiger partial charge >= 0.3 is 0 Å². The lowest BCUT2D eigenvalue weighted by molar-refractivity contribution is -0.154. The van der Waals surface area contributed by atoms with Crippen LogP contribution in [0.25, 0.3) is 0 Å². The topological polar surface area (TPSA) is 41.9 Å². The molecule has 21 heavy (non-hydrogen) atoms. The average Bonchev–Trinajstić information content (AvgIpc) is 2.55. The van der Waals surface area contributed by atoms with Crippen molar-refractivity contribution < 1.29 is 14.6 Å². The average molecular weight is 315 g/mol. The minimum atomic E-state index is -0.338. The van der Waals surface area contributed by atoms with E-state index in [0.29, 0.717) is 5.92 Å². The smallest absolute Gasteiger partial charge is 0.0963 e. The van der Waals surface area contributed by atoms with Gasteiger partial charge in [0.05, 0.1) is 24.4 Å². The number of aliphatic hydroxyl groups excluding tert-OH is 1. The van der Waals surface area contributed by atoms with Gasteiger partial charge in [-0.05, 0) is 49.7 Å². The van der Waals surface area contributed by atoms with Crippen LogP contribution in [-0.4, -0.2) is 72.2 Å². The van der Waals surface area contributed by atoms with Gasteiger partial charge in [0.2, 0.25) is 0 Å². The lowest BCUT2D eigenvalue weighted by Gasteiger charge is -2.46. The van der Waals surface area contributed by atoms with Gasteiger partial charge in [0, 0.05) is 19.7 Å². The van der Waals surface area contributed by atoms with Crippen LogP contribution >= 0.6 is 11.8 Å². The van der Waals surface area contributed by atoms with E-state index in [1.165, 1.54) is 11.5 Å². The fourth-order valence-electron chi connectivity index (χ4n) is 3.98. The Hall–Kier alpha value is 0.190. The van der Waals surface area contributed by atoms with Gasteiger partial charge in [0.15, 0.2) is 0 Å². The maximum absolute atomic E-state index is 10.8. The highest BCUT2D eigenvalue weighted by Gasteiger charge is 2.43. The van der Waals surface area contributed by atoms with Crippen molar-refractivity contribution in [2.24, 2.45) is 5.92 Å². The summed E-state index contributed by atoms with van der Waals surface area (Å²) in [6.07, 6.45) is 3.93. The summed E-state index contributed by atoms with van der Waals surface area (Å²) in [5.74, 6) is 2.74. The van der Waals surface area contributed by atoms with Gasteiger partial charge in [-0.15, -0.1) is 0 Å². The summed E-state index contributed by atoms with van der Waals surface area (Å²) < 4.78 is 12.0. The molecule has 5 heteroatoms. The van der Waals surface area contributed by atoms with Crippen molar-refractivity contribution in [2.75, 3.05) is 44.4 Å². The van der Waals surface area contributed by atoms with Gasteiger partial charge in [0.25, 0.3) is 0 Å². The van der Waals surface area contributed by atoms with E-state index in [4.69, 9.17) is 9.47 Å².